The number of nitrogens with zero attached hydrogens (tertiary/aromatic N) is 1. The van der Waals surface area contributed by atoms with Crippen molar-refractivity contribution in [3.63, 3.8) is 0 Å². The van der Waals surface area contributed by atoms with Crippen LogP contribution in [0.15, 0.2) is 58.7 Å². The van der Waals surface area contributed by atoms with E-state index in [1.807, 2.05) is 6.08 Å². The first-order valence-corrected chi connectivity index (χ1v) is 10.1. The minimum absolute atomic E-state index is 0.109. The van der Waals surface area contributed by atoms with Crippen LogP contribution in [0.1, 0.15) is 31.2 Å². The Balaban J connectivity index is 1.71. The second-order valence-corrected chi connectivity index (χ2v) is 8.56. The van der Waals surface area contributed by atoms with Gasteiger partial charge in [-0.05, 0) is 49.5 Å². The predicted octanol–water partition coefficient (Wildman–Crippen LogP) is 2.45. The largest absolute Gasteiger partial charge is 0.508 e. The molecule has 4 unspecified atom stereocenters. The average molecular weight is 403 g/mol. The normalized spacial score (nSPS) is 30.7. The van der Waals surface area contributed by atoms with Crippen LogP contribution in [0.4, 0.5) is 0 Å². The molecule has 5 rings (SSSR count). The molecule has 6 nitrogen and oxygen atoms in total. The number of carbonyl (C=O) groups excluding carboxylic acids is 4. The van der Waals surface area contributed by atoms with Gasteiger partial charge in [0.2, 0.25) is 11.8 Å². The van der Waals surface area contributed by atoms with E-state index in [2.05, 4.69) is 0 Å². The predicted molar refractivity (Wildman–Crippen MR) is 107 cm³/mol. The third-order valence-electron chi connectivity index (χ3n) is 7.01. The summed E-state index contributed by atoms with van der Waals surface area (Å²) in [6.45, 7) is 1.63. The number of hydrogen-bond acceptors (Lipinski definition) is 5. The van der Waals surface area contributed by atoms with E-state index in [1.54, 1.807) is 31.2 Å². The van der Waals surface area contributed by atoms with Crippen molar-refractivity contribution in [1.29, 1.82) is 0 Å². The van der Waals surface area contributed by atoms with Crippen LogP contribution in [0.25, 0.3) is 0 Å². The highest BCUT2D eigenvalue weighted by molar-refractivity contribution is 6.23. The number of imide groups is 1. The third kappa shape index (κ3) is 2.43. The molecule has 4 atom stereocenters. The van der Waals surface area contributed by atoms with Gasteiger partial charge in [-0.15, -0.1) is 0 Å². The number of carbonyl (C=O) groups is 4. The van der Waals surface area contributed by atoms with Gasteiger partial charge in [0.05, 0.1) is 11.8 Å². The fourth-order valence-electron chi connectivity index (χ4n) is 5.59. The number of hydrogen-bond donors (Lipinski definition) is 1. The Morgan fingerprint density at radius 3 is 2.40 bits per heavy atom. The molecule has 30 heavy (non-hydrogen) atoms. The lowest BCUT2D eigenvalue weighted by Gasteiger charge is -2.42. The van der Waals surface area contributed by atoms with Crippen LogP contribution in [0.3, 0.4) is 0 Å². The van der Waals surface area contributed by atoms with Gasteiger partial charge in [0.1, 0.15) is 5.75 Å². The first-order valence-electron chi connectivity index (χ1n) is 10.1. The van der Waals surface area contributed by atoms with Crippen molar-refractivity contribution in [3.05, 3.63) is 64.3 Å². The summed E-state index contributed by atoms with van der Waals surface area (Å²) in [6.07, 6.45) is 4.11. The number of aromatic hydroxyl groups is 1. The number of benzene rings is 1. The van der Waals surface area contributed by atoms with Crippen LogP contribution < -0.4 is 0 Å². The van der Waals surface area contributed by atoms with Crippen LogP contribution in [-0.2, 0) is 19.2 Å². The summed E-state index contributed by atoms with van der Waals surface area (Å²) in [5.74, 6) is -2.32. The highest BCUT2D eigenvalue weighted by Crippen LogP contribution is 2.54. The molecule has 0 spiro atoms. The van der Waals surface area contributed by atoms with Gasteiger partial charge in [-0.3, -0.25) is 24.1 Å². The van der Waals surface area contributed by atoms with Crippen molar-refractivity contribution in [2.75, 3.05) is 7.05 Å². The molecule has 0 bridgehead atoms. The van der Waals surface area contributed by atoms with Gasteiger partial charge in [-0.2, -0.15) is 0 Å². The number of phenolic OH excluding ortho intramolecular Hbond substituents is 1. The summed E-state index contributed by atoms with van der Waals surface area (Å²) in [7, 11) is 1.51. The van der Waals surface area contributed by atoms with Crippen molar-refractivity contribution < 1.29 is 24.3 Å². The molecule has 152 valence electrons. The number of Topliss-reactive ketones (excluding diaryl/α,β-unsaturated/α-hetero) is 1. The van der Waals surface area contributed by atoms with Gasteiger partial charge in [-0.1, -0.05) is 23.8 Å². The number of phenols is 1. The quantitative estimate of drug-likeness (QED) is 0.442. The van der Waals surface area contributed by atoms with E-state index in [0.29, 0.717) is 29.6 Å². The standard InChI is InChI=1S/C24H21NO5/c1-11-9-18(27)21-17(22(11)28)10-16-14(19(21)12-3-5-13(26)6-4-12)7-8-15-20(16)24(30)25(2)23(15)29/h3-7,9,15-16,19-20,26H,8,10H2,1-2H3. The molecule has 3 aliphatic carbocycles. The molecule has 6 heteroatoms. The fourth-order valence-corrected chi connectivity index (χ4v) is 5.59. The fraction of sp³-hybridized carbons (Fsp3) is 0.333. The lowest BCUT2D eigenvalue weighted by molar-refractivity contribution is -0.138. The van der Waals surface area contributed by atoms with Crippen LogP contribution in [0, 0.1) is 17.8 Å². The molecule has 1 fully saturated rings. The van der Waals surface area contributed by atoms with Gasteiger partial charge >= 0.3 is 0 Å². The molecule has 1 aromatic rings. The molecule has 0 radical (unpaired) electrons. The van der Waals surface area contributed by atoms with E-state index >= 15 is 0 Å². The highest BCUT2D eigenvalue weighted by Gasteiger charge is 2.55. The van der Waals surface area contributed by atoms with E-state index in [-0.39, 0.29) is 35.0 Å². The van der Waals surface area contributed by atoms with E-state index in [1.165, 1.54) is 18.0 Å². The maximum absolute atomic E-state index is 13.0. The zero-order chi connectivity index (χ0) is 21.3. The summed E-state index contributed by atoms with van der Waals surface area (Å²) in [6, 6.07) is 6.60. The number of likely N-dealkylation sites (tertiary alicyclic amines) is 1. The molecule has 4 aliphatic rings. The van der Waals surface area contributed by atoms with E-state index < -0.39 is 17.8 Å². The topological polar surface area (TPSA) is 91.8 Å². The van der Waals surface area contributed by atoms with Crippen molar-refractivity contribution in [2.45, 2.75) is 25.7 Å². The summed E-state index contributed by atoms with van der Waals surface area (Å²) in [4.78, 5) is 52.7. The van der Waals surface area contributed by atoms with E-state index in [0.717, 1.165) is 11.1 Å². The summed E-state index contributed by atoms with van der Waals surface area (Å²) < 4.78 is 0. The first-order chi connectivity index (χ1) is 14.3. The molecule has 1 aliphatic heterocycles. The minimum Gasteiger partial charge on any atom is -0.508 e. The molecule has 1 heterocycles. The molecule has 2 amide bonds. The monoisotopic (exact) mass is 403 g/mol. The number of allylic oxidation sites excluding steroid dienone is 6. The molecule has 0 saturated carbocycles. The van der Waals surface area contributed by atoms with E-state index in [4.69, 9.17) is 0 Å². The highest BCUT2D eigenvalue weighted by atomic mass is 16.3. The number of amides is 2. The maximum atomic E-state index is 13.0. The lowest BCUT2D eigenvalue weighted by Crippen LogP contribution is -2.39. The molecule has 1 saturated heterocycles. The van der Waals surface area contributed by atoms with Crippen LogP contribution in [0.5, 0.6) is 5.75 Å². The van der Waals surface area contributed by atoms with Gasteiger partial charge in [0, 0.05) is 29.7 Å². The van der Waals surface area contributed by atoms with E-state index in [9.17, 15) is 24.3 Å². The number of fused-ring (bicyclic) bond motifs is 3. The van der Waals surface area contributed by atoms with Crippen LogP contribution in [-0.4, -0.2) is 40.4 Å². The Morgan fingerprint density at radius 1 is 1.00 bits per heavy atom. The smallest absolute Gasteiger partial charge is 0.233 e. The Hall–Kier alpha value is -3.28. The van der Waals surface area contributed by atoms with Crippen LogP contribution in [0.2, 0.25) is 0 Å². The SMILES string of the molecule is CC1=CC(=O)C2=C(CC3C(=CCC4C(=O)N(C)C(=O)C43)C2c2ccc(O)cc2)C1=O. The maximum Gasteiger partial charge on any atom is 0.233 e. The summed E-state index contributed by atoms with van der Waals surface area (Å²) in [5, 5.41) is 9.72. The Kier molecular flexibility index (Phi) is 3.97. The molecular weight excluding hydrogens is 382 g/mol. The minimum atomic E-state index is -0.509. The first kappa shape index (κ1) is 18.7. The Morgan fingerprint density at radius 2 is 1.70 bits per heavy atom. The van der Waals surface area contributed by atoms with Crippen molar-refractivity contribution in [2.24, 2.45) is 17.8 Å². The molecule has 1 N–H and O–H groups in total. The van der Waals surface area contributed by atoms with Crippen molar-refractivity contribution >= 4 is 23.4 Å². The second kappa shape index (κ2) is 6.36. The van der Waals surface area contributed by atoms with Crippen molar-refractivity contribution in [1.82, 2.24) is 4.90 Å². The molecular formula is C24H21NO5. The van der Waals surface area contributed by atoms with Gasteiger partial charge in [-0.25, -0.2) is 0 Å². The Labute approximate surface area is 173 Å². The summed E-state index contributed by atoms with van der Waals surface area (Å²) in [5.41, 5.74) is 3.02. The average Bonchev–Trinajstić information content (AvgIpc) is 2.95. The second-order valence-electron chi connectivity index (χ2n) is 8.56. The number of ketones is 2. The molecule has 0 aromatic heterocycles. The summed E-state index contributed by atoms with van der Waals surface area (Å²) >= 11 is 0. The van der Waals surface area contributed by atoms with Crippen LogP contribution >= 0.6 is 0 Å². The lowest BCUT2D eigenvalue weighted by atomic mass is 9.59. The zero-order valence-electron chi connectivity index (χ0n) is 16.7. The van der Waals surface area contributed by atoms with Crippen molar-refractivity contribution in [3.8, 4) is 5.75 Å². The zero-order valence-corrected chi connectivity index (χ0v) is 16.7. The Bertz CT molecular complexity index is 1120. The number of rotatable bonds is 1. The third-order valence-corrected chi connectivity index (χ3v) is 7.01. The van der Waals surface area contributed by atoms with Gasteiger partial charge in [0.15, 0.2) is 11.6 Å². The molecule has 1 aromatic carbocycles. The van der Waals surface area contributed by atoms with Gasteiger partial charge < -0.3 is 5.11 Å². The van der Waals surface area contributed by atoms with Gasteiger partial charge in [0.25, 0.3) is 0 Å².